The lowest BCUT2D eigenvalue weighted by Crippen LogP contribution is -2.45. The minimum Gasteiger partial charge on any atom is -0.342 e. The lowest BCUT2D eigenvalue weighted by molar-refractivity contribution is -0.140. The van der Waals surface area contributed by atoms with Gasteiger partial charge in [-0.05, 0) is 43.6 Å². The first-order valence-electron chi connectivity index (χ1n) is 10.3. The van der Waals surface area contributed by atoms with Crippen molar-refractivity contribution in [3.05, 3.63) is 66.0 Å². The number of nitrogens with zero attached hydrogens (tertiary/aromatic N) is 3. The van der Waals surface area contributed by atoms with Gasteiger partial charge in [-0.1, -0.05) is 42.5 Å². The van der Waals surface area contributed by atoms with Crippen LogP contribution in [-0.4, -0.2) is 50.7 Å². The highest BCUT2D eigenvalue weighted by atomic mass is 16.2. The molecule has 1 aromatic heterocycles. The normalized spacial score (nSPS) is 21.4. The summed E-state index contributed by atoms with van der Waals surface area (Å²) in [4.78, 5) is 37.2. The van der Waals surface area contributed by atoms with Gasteiger partial charge in [-0.15, -0.1) is 0 Å². The fourth-order valence-electron chi connectivity index (χ4n) is 4.53. The minimum atomic E-state index is -0.317. The van der Waals surface area contributed by atoms with Gasteiger partial charge in [-0.25, -0.2) is 4.98 Å². The molecule has 1 N–H and O–H groups in total. The smallest absolute Gasteiger partial charge is 0.247 e. The molecule has 2 saturated heterocycles. The summed E-state index contributed by atoms with van der Waals surface area (Å²) in [5, 5.41) is 0. The van der Waals surface area contributed by atoms with Crippen LogP contribution in [0.2, 0.25) is 0 Å². The van der Waals surface area contributed by atoms with Gasteiger partial charge in [-0.3, -0.25) is 19.4 Å². The summed E-state index contributed by atoms with van der Waals surface area (Å²) in [6.07, 6.45) is 2.17. The molecule has 2 aliphatic rings. The maximum absolute atomic E-state index is 12.9. The number of hydrogen-bond donors (Lipinski definition) is 1. The van der Waals surface area contributed by atoms with E-state index in [-0.39, 0.29) is 17.9 Å². The summed E-state index contributed by atoms with van der Waals surface area (Å²) in [6, 6.07) is 17.5. The highest BCUT2D eigenvalue weighted by Gasteiger charge is 2.42. The van der Waals surface area contributed by atoms with Gasteiger partial charge in [0.25, 0.3) is 0 Å². The van der Waals surface area contributed by atoms with Gasteiger partial charge in [0.2, 0.25) is 11.8 Å². The monoisotopic (exact) mass is 388 g/mol. The van der Waals surface area contributed by atoms with Gasteiger partial charge in [0, 0.05) is 5.92 Å². The highest BCUT2D eigenvalue weighted by Crippen LogP contribution is 2.31. The Hall–Kier alpha value is -2.99. The van der Waals surface area contributed by atoms with Crippen LogP contribution in [0.5, 0.6) is 0 Å². The summed E-state index contributed by atoms with van der Waals surface area (Å²) in [5.41, 5.74) is 3.05. The zero-order valence-corrected chi connectivity index (χ0v) is 16.3. The number of para-hydroxylation sites is 2. The first kappa shape index (κ1) is 18.1. The number of hydrogen-bond acceptors (Lipinski definition) is 4. The molecule has 0 saturated carbocycles. The van der Waals surface area contributed by atoms with Crippen LogP contribution in [0.4, 0.5) is 0 Å². The number of H-pyrrole nitrogens is 1. The first-order valence-corrected chi connectivity index (χ1v) is 10.3. The molecule has 6 heteroatoms. The van der Waals surface area contributed by atoms with Crippen molar-refractivity contribution in [2.75, 3.05) is 13.1 Å². The largest absolute Gasteiger partial charge is 0.342 e. The number of benzene rings is 2. The molecular weight excluding hydrogens is 364 g/mol. The van der Waals surface area contributed by atoms with Crippen molar-refractivity contribution in [3.8, 4) is 0 Å². The number of piperidine rings is 1. The fraction of sp³-hybridized carbons (Fsp3) is 0.348. The number of nitrogens with one attached hydrogen (secondary N) is 1. The number of fused-ring (bicyclic) bond motifs is 1. The molecule has 2 aliphatic heterocycles. The molecule has 5 rings (SSSR count). The lowest BCUT2D eigenvalue weighted by atomic mass is 9.95. The Kier molecular flexibility index (Phi) is 4.64. The second kappa shape index (κ2) is 7.44. The van der Waals surface area contributed by atoms with Crippen LogP contribution in [-0.2, 0) is 16.1 Å². The standard InChI is InChI=1S/C23H24N4O2/c28-21-14-20(23(29)27(21)15-16-6-2-1-3-7-16)26-12-10-17(11-13-26)22-24-18-8-4-5-9-19(18)25-22/h1-9,17,20H,10-15H2,(H,24,25). The SMILES string of the molecule is O=C1CC(N2CCC(c3nc4ccccc4[nH]3)CC2)C(=O)N1Cc1ccccc1. The van der Waals surface area contributed by atoms with Gasteiger partial charge in [0.15, 0.2) is 0 Å². The number of imidazole rings is 1. The van der Waals surface area contributed by atoms with Crippen molar-refractivity contribution in [1.82, 2.24) is 19.8 Å². The second-order valence-corrected chi connectivity index (χ2v) is 7.97. The van der Waals surface area contributed by atoms with Crippen molar-refractivity contribution in [2.45, 2.75) is 37.8 Å². The van der Waals surface area contributed by atoms with E-state index in [0.717, 1.165) is 48.4 Å². The van der Waals surface area contributed by atoms with E-state index in [1.165, 1.54) is 4.90 Å². The average molecular weight is 388 g/mol. The van der Waals surface area contributed by atoms with Crippen LogP contribution in [0, 0.1) is 0 Å². The Labute approximate surface area is 169 Å². The van der Waals surface area contributed by atoms with Gasteiger partial charge in [0.1, 0.15) is 5.82 Å². The molecule has 3 heterocycles. The van der Waals surface area contributed by atoms with Crippen molar-refractivity contribution in [2.24, 2.45) is 0 Å². The lowest BCUT2D eigenvalue weighted by Gasteiger charge is -2.34. The molecule has 1 unspecified atom stereocenters. The quantitative estimate of drug-likeness (QED) is 0.698. The Morgan fingerprint density at radius 2 is 1.69 bits per heavy atom. The Bertz CT molecular complexity index is 1000. The van der Waals surface area contributed by atoms with Crippen molar-refractivity contribution < 1.29 is 9.59 Å². The summed E-state index contributed by atoms with van der Waals surface area (Å²) >= 11 is 0. The van der Waals surface area contributed by atoms with Crippen LogP contribution in [0.1, 0.15) is 36.6 Å². The number of imide groups is 1. The van der Waals surface area contributed by atoms with Gasteiger partial charge in [-0.2, -0.15) is 0 Å². The van der Waals surface area contributed by atoms with Crippen molar-refractivity contribution in [1.29, 1.82) is 0 Å². The predicted molar refractivity (Wildman–Crippen MR) is 110 cm³/mol. The Balaban J connectivity index is 1.23. The van der Waals surface area contributed by atoms with Crippen LogP contribution in [0.25, 0.3) is 11.0 Å². The molecular formula is C23H24N4O2. The van der Waals surface area contributed by atoms with Crippen LogP contribution in [0.3, 0.4) is 0 Å². The van der Waals surface area contributed by atoms with Crippen LogP contribution in [0.15, 0.2) is 54.6 Å². The summed E-state index contributed by atoms with van der Waals surface area (Å²) < 4.78 is 0. The molecule has 0 spiro atoms. The molecule has 3 aromatic rings. The number of carbonyl (C=O) groups excluding carboxylic acids is 2. The third-order valence-corrected chi connectivity index (χ3v) is 6.17. The molecule has 2 aromatic carbocycles. The fourth-order valence-corrected chi connectivity index (χ4v) is 4.53. The van der Waals surface area contributed by atoms with E-state index < -0.39 is 0 Å². The number of likely N-dealkylation sites (tertiary alicyclic amines) is 2. The number of aromatic amines is 1. The van der Waals surface area contributed by atoms with Gasteiger partial charge < -0.3 is 4.98 Å². The van der Waals surface area contributed by atoms with E-state index in [9.17, 15) is 9.59 Å². The minimum absolute atomic E-state index is 0.0546. The van der Waals surface area contributed by atoms with Crippen molar-refractivity contribution in [3.63, 3.8) is 0 Å². The molecule has 0 aliphatic carbocycles. The highest BCUT2D eigenvalue weighted by molar-refractivity contribution is 6.05. The molecule has 6 nitrogen and oxygen atoms in total. The predicted octanol–water partition coefficient (Wildman–Crippen LogP) is 3.07. The molecule has 2 amide bonds. The van der Waals surface area contributed by atoms with Gasteiger partial charge in [0.05, 0.1) is 30.0 Å². The molecule has 148 valence electrons. The maximum Gasteiger partial charge on any atom is 0.247 e. The van der Waals surface area contributed by atoms with E-state index >= 15 is 0 Å². The first-order chi connectivity index (χ1) is 14.2. The van der Waals surface area contributed by atoms with E-state index in [2.05, 4.69) is 9.88 Å². The van der Waals surface area contributed by atoms with Gasteiger partial charge >= 0.3 is 0 Å². The molecule has 0 radical (unpaired) electrons. The number of aromatic nitrogens is 2. The van der Waals surface area contributed by atoms with E-state index in [4.69, 9.17) is 4.98 Å². The third-order valence-electron chi connectivity index (χ3n) is 6.17. The van der Waals surface area contributed by atoms with Crippen LogP contribution >= 0.6 is 0 Å². The van der Waals surface area contributed by atoms with Crippen LogP contribution < -0.4 is 0 Å². The summed E-state index contributed by atoms with van der Waals surface area (Å²) in [7, 11) is 0. The molecule has 0 bridgehead atoms. The number of carbonyl (C=O) groups is 2. The third kappa shape index (κ3) is 3.44. The number of amides is 2. The maximum atomic E-state index is 12.9. The van der Waals surface area contributed by atoms with E-state index in [1.807, 2.05) is 54.6 Å². The van der Waals surface area contributed by atoms with Crippen molar-refractivity contribution >= 4 is 22.8 Å². The topological polar surface area (TPSA) is 69.3 Å². The zero-order chi connectivity index (χ0) is 19.8. The zero-order valence-electron chi connectivity index (χ0n) is 16.3. The van der Waals surface area contributed by atoms with E-state index in [0.29, 0.717) is 18.9 Å². The Morgan fingerprint density at radius 1 is 0.966 bits per heavy atom. The van der Waals surface area contributed by atoms with E-state index in [1.54, 1.807) is 0 Å². The summed E-state index contributed by atoms with van der Waals surface area (Å²) in [6.45, 7) is 1.99. The second-order valence-electron chi connectivity index (χ2n) is 7.97. The molecule has 2 fully saturated rings. The summed E-state index contributed by atoms with van der Waals surface area (Å²) in [5.74, 6) is 1.28. The number of rotatable bonds is 4. The average Bonchev–Trinajstić information content (AvgIpc) is 3.31. The molecule has 1 atom stereocenters. The Morgan fingerprint density at radius 3 is 2.45 bits per heavy atom. The molecule has 29 heavy (non-hydrogen) atoms.